The molecule has 182 valence electrons. The number of amides is 3. The van der Waals surface area contributed by atoms with Crippen molar-refractivity contribution in [3.63, 3.8) is 0 Å². The first-order chi connectivity index (χ1) is 16.3. The Hall–Kier alpha value is -3.06. The van der Waals surface area contributed by atoms with Gasteiger partial charge in [-0.15, -0.1) is 0 Å². The van der Waals surface area contributed by atoms with E-state index in [2.05, 4.69) is 10.6 Å². The highest BCUT2D eigenvalue weighted by atomic mass is 35.5. The molecule has 3 amide bonds. The number of piperidine rings is 1. The lowest BCUT2D eigenvalue weighted by atomic mass is 9.88. The summed E-state index contributed by atoms with van der Waals surface area (Å²) >= 11 is 5.93. The highest BCUT2D eigenvalue weighted by Gasteiger charge is 2.34. The van der Waals surface area contributed by atoms with Crippen molar-refractivity contribution >= 4 is 29.3 Å². The van der Waals surface area contributed by atoms with Gasteiger partial charge in [-0.2, -0.15) is 0 Å². The van der Waals surface area contributed by atoms with Gasteiger partial charge in [-0.25, -0.2) is 0 Å². The van der Waals surface area contributed by atoms with Crippen LogP contribution in [0.25, 0.3) is 0 Å². The van der Waals surface area contributed by atoms with E-state index in [1.54, 1.807) is 60.5 Å². The minimum absolute atomic E-state index is 0.00436. The normalized spacial score (nSPS) is 15.8. The van der Waals surface area contributed by atoms with Gasteiger partial charge in [0.15, 0.2) is 0 Å². The average molecular weight is 486 g/mol. The molecule has 0 radical (unpaired) electrons. The number of halogens is 1. The minimum Gasteiger partial charge on any atom is -0.497 e. The number of nitrogens with zero attached hydrogens (tertiary/aromatic N) is 1. The predicted octanol–water partition coefficient (Wildman–Crippen LogP) is 3.91. The van der Waals surface area contributed by atoms with E-state index in [9.17, 15) is 14.4 Å². The molecule has 8 heteroatoms. The molecule has 2 aromatic rings. The molecule has 1 aliphatic rings. The molecule has 7 nitrogen and oxygen atoms in total. The van der Waals surface area contributed by atoms with E-state index >= 15 is 0 Å². The Labute approximate surface area is 205 Å². The molecule has 1 aliphatic heterocycles. The summed E-state index contributed by atoms with van der Waals surface area (Å²) in [6.45, 7) is 4.95. The second kappa shape index (κ2) is 11.9. The molecule has 2 N–H and O–H groups in total. The monoisotopic (exact) mass is 485 g/mol. The molecule has 0 aliphatic carbocycles. The second-order valence-electron chi connectivity index (χ2n) is 8.64. The quantitative estimate of drug-likeness (QED) is 0.593. The molecule has 0 bridgehead atoms. The zero-order valence-electron chi connectivity index (χ0n) is 19.8. The number of methoxy groups -OCH3 is 1. The SMILES string of the molecule is CC[C@@H](C)NC(=O)[C@H](NC(=O)c1cccc(OC)c1)C1CCN(C(=O)c2ccc(Cl)cc2)CC1. The number of hydrogen-bond donors (Lipinski definition) is 2. The van der Waals surface area contributed by atoms with Crippen LogP contribution in [0.1, 0.15) is 53.8 Å². The van der Waals surface area contributed by atoms with Crippen molar-refractivity contribution in [3.8, 4) is 5.75 Å². The standard InChI is InChI=1S/C26H32ClN3O4/c1-4-17(2)28-25(32)23(29-24(31)20-6-5-7-22(16-20)34-3)18-12-14-30(15-13-18)26(33)19-8-10-21(27)11-9-19/h5-11,16-18,23H,4,12-15H2,1-3H3,(H,28,32)(H,29,31)/t17-,23-/m1/s1. The van der Waals surface area contributed by atoms with Crippen LogP contribution in [0.2, 0.25) is 5.02 Å². The lowest BCUT2D eigenvalue weighted by Gasteiger charge is -2.36. The number of likely N-dealkylation sites (tertiary alicyclic amines) is 1. The number of carbonyl (C=O) groups is 3. The summed E-state index contributed by atoms with van der Waals surface area (Å²) in [5.74, 6) is -0.109. The lowest BCUT2D eigenvalue weighted by molar-refractivity contribution is -0.125. The molecule has 1 fully saturated rings. The Bertz CT molecular complexity index is 1000. The van der Waals surface area contributed by atoms with Gasteiger partial charge < -0.3 is 20.3 Å². The molecular formula is C26H32ClN3O4. The Balaban J connectivity index is 1.70. The molecule has 2 aromatic carbocycles. The maximum Gasteiger partial charge on any atom is 0.253 e. The Morgan fingerprint density at radius 3 is 2.35 bits per heavy atom. The summed E-state index contributed by atoms with van der Waals surface area (Å²) in [7, 11) is 1.54. The Morgan fingerprint density at radius 1 is 1.06 bits per heavy atom. The fraction of sp³-hybridized carbons (Fsp3) is 0.423. The summed E-state index contributed by atoms with van der Waals surface area (Å²) in [5, 5.41) is 6.52. The number of rotatable bonds is 8. The zero-order chi connectivity index (χ0) is 24.7. The van der Waals surface area contributed by atoms with E-state index in [0.29, 0.717) is 47.8 Å². The molecular weight excluding hydrogens is 454 g/mol. The smallest absolute Gasteiger partial charge is 0.253 e. The van der Waals surface area contributed by atoms with Gasteiger partial charge in [0.1, 0.15) is 11.8 Å². The second-order valence-corrected chi connectivity index (χ2v) is 9.07. The predicted molar refractivity (Wildman–Crippen MR) is 132 cm³/mol. The maximum atomic E-state index is 13.1. The van der Waals surface area contributed by atoms with Crippen LogP contribution < -0.4 is 15.4 Å². The van der Waals surface area contributed by atoms with Crippen molar-refractivity contribution in [1.29, 1.82) is 0 Å². The Kier molecular flexibility index (Phi) is 8.93. The summed E-state index contributed by atoms with van der Waals surface area (Å²) < 4.78 is 5.21. The van der Waals surface area contributed by atoms with Gasteiger partial charge in [-0.3, -0.25) is 14.4 Å². The van der Waals surface area contributed by atoms with Crippen LogP contribution in [0.5, 0.6) is 5.75 Å². The van der Waals surface area contributed by atoms with Crippen molar-refractivity contribution in [3.05, 3.63) is 64.7 Å². The van der Waals surface area contributed by atoms with Crippen molar-refractivity contribution in [1.82, 2.24) is 15.5 Å². The molecule has 0 unspecified atom stereocenters. The van der Waals surface area contributed by atoms with Crippen LogP contribution >= 0.6 is 11.6 Å². The van der Waals surface area contributed by atoms with Crippen molar-refractivity contribution in [2.24, 2.45) is 5.92 Å². The van der Waals surface area contributed by atoms with Gasteiger partial charge in [-0.05, 0) is 74.6 Å². The third kappa shape index (κ3) is 6.50. The van der Waals surface area contributed by atoms with Gasteiger partial charge in [0.2, 0.25) is 5.91 Å². The first-order valence-corrected chi connectivity index (χ1v) is 12.0. The largest absolute Gasteiger partial charge is 0.497 e. The van der Waals surface area contributed by atoms with Crippen LogP contribution in [0.4, 0.5) is 0 Å². The van der Waals surface area contributed by atoms with E-state index in [1.165, 1.54) is 0 Å². The summed E-state index contributed by atoms with van der Waals surface area (Å²) in [4.78, 5) is 40.8. The summed E-state index contributed by atoms with van der Waals surface area (Å²) in [6, 6.07) is 13.0. The van der Waals surface area contributed by atoms with Crippen LogP contribution in [0.15, 0.2) is 48.5 Å². The third-order valence-electron chi connectivity index (χ3n) is 6.29. The fourth-order valence-electron chi connectivity index (χ4n) is 4.03. The number of benzene rings is 2. The van der Waals surface area contributed by atoms with Gasteiger partial charge in [0, 0.05) is 35.3 Å². The fourth-order valence-corrected chi connectivity index (χ4v) is 4.16. The molecule has 2 atom stereocenters. The summed E-state index contributed by atoms with van der Waals surface area (Å²) in [5.41, 5.74) is 1.01. The van der Waals surface area contributed by atoms with Gasteiger partial charge in [0.05, 0.1) is 7.11 Å². The zero-order valence-corrected chi connectivity index (χ0v) is 20.6. The van der Waals surface area contributed by atoms with Crippen LogP contribution in [-0.2, 0) is 4.79 Å². The molecule has 34 heavy (non-hydrogen) atoms. The van der Waals surface area contributed by atoms with Gasteiger partial charge >= 0.3 is 0 Å². The Morgan fingerprint density at radius 2 is 1.74 bits per heavy atom. The highest BCUT2D eigenvalue weighted by molar-refractivity contribution is 6.30. The topological polar surface area (TPSA) is 87.7 Å². The van der Waals surface area contributed by atoms with Crippen molar-refractivity contribution in [2.75, 3.05) is 20.2 Å². The number of carbonyl (C=O) groups excluding carboxylic acids is 3. The minimum atomic E-state index is -0.694. The number of hydrogen-bond acceptors (Lipinski definition) is 4. The van der Waals surface area contributed by atoms with Crippen molar-refractivity contribution < 1.29 is 19.1 Å². The number of ether oxygens (including phenoxy) is 1. The van der Waals surface area contributed by atoms with E-state index in [0.717, 1.165) is 6.42 Å². The van der Waals surface area contributed by atoms with Crippen molar-refractivity contribution in [2.45, 2.75) is 45.2 Å². The maximum absolute atomic E-state index is 13.1. The summed E-state index contributed by atoms with van der Waals surface area (Å²) in [6.07, 6.45) is 2.00. The van der Waals surface area contributed by atoms with E-state index in [4.69, 9.17) is 16.3 Å². The first-order valence-electron chi connectivity index (χ1n) is 11.6. The third-order valence-corrected chi connectivity index (χ3v) is 6.54. The number of nitrogens with one attached hydrogen (secondary N) is 2. The lowest BCUT2D eigenvalue weighted by Crippen LogP contribution is -2.55. The average Bonchev–Trinajstić information content (AvgIpc) is 2.87. The molecule has 1 saturated heterocycles. The van der Waals surface area contributed by atoms with E-state index < -0.39 is 6.04 Å². The van der Waals surface area contributed by atoms with E-state index in [-0.39, 0.29) is 29.7 Å². The van der Waals surface area contributed by atoms with Crippen LogP contribution in [0.3, 0.4) is 0 Å². The molecule has 0 saturated carbocycles. The van der Waals surface area contributed by atoms with Crippen LogP contribution in [0, 0.1) is 5.92 Å². The highest BCUT2D eigenvalue weighted by Crippen LogP contribution is 2.24. The first kappa shape index (κ1) is 25.6. The van der Waals surface area contributed by atoms with Crippen LogP contribution in [-0.4, -0.2) is 54.9 Å². The molecule has 3 rings (SSSR count). The molecule has 1 heterocycles. The van der Waals surface area contributed by atoms with Gasteiger partial charge in [0.25, 0.3) is 11.8 Å². The van der Waals surface area contributed by atoms with E-state index in [1.807, 2.05) is 13.8 Å². The van der Waals surface area contributed by atoms with Gasteiger partial charge in [-0.1, -0.05) is 24.6 Å². The molecule has 0 aromatic heterocycles. The molecule has 0 spiro atoms.